The molecule has 0 aliphatic heterocycles. The molecule has 0 bridgehead atoms. The van der Waals surface area contributed by atoms with E-state index in [2.05, 4.69) is 26.0 Å². The van der Waals surface area contributed by atoms with Crippen LogP contribution in [0.3, 0.4) is 0 Å². The van der Waals surface area contributed by atoms with Gasteiger partial charge in [0.15, 0.2) is 0 Å². The van der Waals surface area contributed by atoms with Crippen LogP contribution in [0, 0.1) is 5.92 Å². The molecule has 0 radical (unpaired) electrons. The van der Waals surface area contributed by atoms with Crippen molar-refractivity contribution in [1.82, 2.24) is 20.1 Å². The van der Waals surface area contributed by atoms with Crippen LogP contribution in [0.4, 0.5) is 11.4 Å². The quantitative estimate of drug-likeness (QED) is 0.660. The van der Waals surface area contributed by atoms with Crippen LogP contribution in [0.1, 0.15) is 45.6 Å². The molecule has 3 N–H and O–H groups in total. The van der Waals surface area contributed by atoms with E-state index in [1.54, 1.807) is 38.1 Å². The van der Waals surface area contributed by atoms with E-state index in [1.807, 2.05) is 0 Å². The zero-order valence-corrected chi connectivity index (χ0v) is 16.6. The third-order valence-corrected chi connectivity index (χ3v) is 5.11. The highest BCUT2D eigenvalue weighted by atomic mass is 16.2. The third-order valence-electron chi connectivity index (χ3n) is 5.11. The minimum Gasteiger partial charge on any atom is -0.344 e. The Hall–Kier alpha value is -3.23. The molecule has 0 spiro atoms. The average molecular weight is 398 g/mol. The molecule has 154 valence electrons. The number of benzene rings is 1. The molecule has 9 heteroatoms. The summed E-state index contributed by atoms with van der Waals surface area (Å²) in [5.41, 5.74) is 1.18. The first-order chi connectivity index (χ1) is 13.9. The van der Waals surface area contributed by atoms with Gasteiger partial charge in [0.2, 0.25) is 17.7 Å². The van der Waals surface area contributed by atoms with Crippen molar-refractivity contribution in [2.75, 3.05) is 10.6 Å². The number of carbonyl (C=O) groups is 3. The van der Waals surface area contributed by atoms with Gasteiger partial charge in [-0.3, -0.25) is 14.4 Å². The lowest BCUT2D eigenvalue weighted by Gasteiger charge is -2.17. The van der Waals surface area contributed by atoms with E-state index in [1.165, 1.54) is 17.3 Å². The van der Waals surface area contributed by atoms with Crippen LogP contribution in [0.15, 0.2) is 36.9 Å². The van der Waals surface area contributed by atoms with Gasteiger partial charge < -0.3 is 16.0 Å². The highest BCUT2D eigenvalue weighted by Crippen LogP contribution is 2.24. The summed E-state index contributed by atoms with van der Waals surface area (Å²) in [5, 5.41) is 12.3. The summed E-state index contributed by atoms with van der Waals surface area (Å²) in [7, 11) is 0. The molecule has 1 aromatic carbocycles. The maximum Gasteiger partial charge on any atom is 0.249 e. The van der Waals surface area contributed by atoms with E-state index in [-0.39, 0.29) is 23.6 Å². The Morgan fingerprint density at radius 2 is 1.59 bits per heavy atom. The summed E-state index contributed by atoms with van der Waals surface area (Å²) in [6, 6.07) is 5.66. The van der Waals surface area contributed by atoms with Gasteiger partial charge in [-0.25, -0.2) is 9.67 Å². The average Bonchev–Trinajstić information content (AvgIpc) is 3.42. The molecular weight excluding hydrogens is 372 g/mol. The van der Waals surface area contributed by atoms with E-state index < -0.39 is 12.1 Å². The molecule has 3 rings (SSSR count). The molecule has 0 saturated heterocycles. The summed E-state index contributed by atoms with van der Waals surface area (Å²) in [4.78, 5) is 40.6. The van der Waals surface area contributed by atoms with Crippen LogP contribution in [0.2, 0.25) is 0 Å². The van der Waals surface area contributed by atoms with Crippen LogP contribution in [-0.4, -0.2) is 38.5 Å². The molecule has 1 heterocycles. The summed E-state index contributed by atoms with van der Waals surface area (Å²) >= 11 is 0. The van der Waals surface area contributed by atoms with Crippen molar-refractivity contribution in [3.63, 3.8) is 0 Å². The molecular formula is C20H26N6O3. The number of hydrogen-bond acceptors (Lipinski definition) is 5. The van der Waals surface area contributed by atoms with Crippen molar-refractivity contribution in [2.45, 2.75) is 51.6 Å². The fourth-order valence-electron chi connectivity index (χ4n) is 3.26. The van der Waals surface area contributed by atoms with Gasteiger partial charge >= 0.3 is 0 Å². The van der Waals surface area contributed by atoms with Crippen molar-refractivity contribution in [2.24, 2.45) is 5.92 Å². The van der Waals surface area contributed by atoms with E-state index in [0.29, 0.717) is 11.4 Å². The number of rotatable bonds is 7. The Bertz CT molecular complexity index is 844. The van der Waals surface area contributed by atoms with Gasteiger partial charge in [-0.05, 0) is 51.0 Å². The molecule has 2 aromatic rings. The Balaban J connectivity index is 1.49. The van der Waals surface area contributed by atoms with Crippen molar-refractivity contribution in [3.8, 4) is 0 Å². The Morgan fingerprint density at radius 3 is 2.14 bits per heavy atom. The van der Waals surface area contributed by atoms with E-state index in [4.69, 9.17) is 0 Å². The van der Waals surface area contributed by atoms with Gasteiger partial charge in [-0.2, -0.15) is 5.10 Å². The largest absolute Gasteiger partial charge is 0.344 e. The van der Waals surface area contributed by atoms with Gasteiger partial charge in [-0.15, -0.1) is 0 Å². The summed E-state index contributed by atoms with van der Waals surface area (Å²) in [6.45, 7) is 3.39. The van der Waals surface area contributed by atoms with Crippen LogP contribution in [0.25, 0.3) is 0 Å². The molecule has 29 heavy (non-hydrogen) atoms. The number of nitrogens with zero attached hydrogens (tertiary/aromatic N) is 3. The maximum absolute atomic E-state index is 12.3. The second-order valence-electron chi connectivity index (χ2n) is 7.32. The first-order valence-electron chi connectivity index (χ1n) is 9.80. The van der Waals surface area contributed by atoms with E-state index >= 15 is 0 Å². The smallest absolute Gasteiger partial charge is 0.249 e. The first kappa shape index (κ1) is 20.5. The predicted octanol–water partition coefficient (Wildman–Crippen LogP) is 2.11. The normalized spacial score (nSPS) is 16.1. The lowest BCUT2D eigenvalue weighted by Crippen LogP contribution is -2.43. The number of carbonyl (C=O) groups excluding carboxylic acids is 3. The lowest BCUT2D eigenvalue weighted by molar-refractivity contribution is -0.128. The van der Waals surface area contributed by atoms with Crippen molar-refractivity contribution < 1.29 is 14.4 Å². The predicted molar refractivity (Wildman–Crippen MR) is 108 cm³/mol. The summed E-state index contributed by atoms with van der Waals surface area (Å²) < 4.78 is 1.46. The zero-order chi connectivity index (χ0) is 20.8. The number of aromatic nitrogens is 3. The molecule has 9 nitrogen and oxygen atoms in total. The molecule has 1 fully saturated rings. The standard InChI is InChI=1S/C20H26N6O3/c1-13(23-20(29)15-5-3-4-6-15)18(27)24-16-7-9-17(10-8-16)25-19(28)14(2)26-12-21-11-22-26/h7-15H,3-6H2,1-2H3,(H,23,29)(H,24,27)(H,25,28)/t13-,14-/m0/s1. The molecule has 3 amide bonds. The van der Waals surface area contributed by atoms with Crippen LogP contribution in [-0.2, 0) is 14.4 Å². The monoisotopic (exact) mass is 398 g/mol. The molecule has 0 unspecified atom stereocenters. The molecule has 1 aliphatic rings. The van der Waals surface area contributed by atoms with E-state index in [9.17, 15) is 14.4 Å². The molecule has 2 atom stereocenters. The number of anilines is 2. The topological polar surface area (TPSA) is 118 Å². The number of amides is 3. The van der Waals surface area contributed by atoms with Gasteiger partial charge in [0.25, 0.3) is 0 Å². The molecule has 1 aromatic heterocycles. The van der Waals surface area contributed by atoms with Crippen LogP contribution in [0.5, 0.6) is 0 Å². The van der Waals surface area contributed by atoms with Gasteiger partial charge in [0.05, 0.1) is 0 Å². The minimum atomic E-state index is -0.619. The fourth-order valence-corrected chi connectivity index (χ4v) is 3.26. The maximum atomic E-state index is 12.3. The molecule has 1 aliphatic carbocycles. The van der Waals surface area contributed by atoms with Crippen LogP contribution >= 0.6 is 0 Å². The number of hydrogen-bond donors (Lipinski definition) is 3. The van der Waals surface area contributed by atoms with Crippen molar-refractivity contribution in [3.05, 3.63) is 36.9 Å². The summed E-state index contributed by atoms with van der Waals surface area (Å²) in [5.74, 6) is -0.541. The Kier molecular flexibility index (Phi) is 6.58. The second kappa shape index (κ2) is 9.31. The second-order valence-corrected chi connectivity index (χ2v) is 7.32. The Labute approximate surface area is 169 Å². The first-order valence-corrected chi connectivity index (χ1v) is 9.80. The zero-order valence-electron chi connectivity index (χ0n) is 16.6. The van der Waals surface area contributed by atoms with Gasteiger partial charge in [0, 0.05) is 17.3 Å². The van der Waals surface area contributed by atoms with Gasteiger partial charge in [-0.1, -0.05) is 12.8 Å². The highest BCUT2D eigenvalue weighted by molar-refractivity contribution is 5.98. The van der Waals surface area contributed by atoms with Crippen LogP contribution < -0.4 is 16.0 Å². The van der Waals surface area contributed by atoms with Crippen molar-refractivity contribution in [1.29, 1.82) is 0 Å². The van der Waals surface area contributed by atoms with Gasteiger partial charge in [0.1, 0.15) is 24.7 Å². The lowest BCUT2D eigenvalue weighted by atomic mass is 10.1. The highest BCUT2D eigenvalue weighted by Gasteiger charge is 2.25. The third kappa shape index (κ3) is 5.40. The fraction of sp³-hybridized carbons (Fsp3) is 0.450. The van der Waals surface area contributed by atoms with E-state index in [0.717, 1.165) is 25.7 Å². The summed E-state index contributed by atoms with van der Waals surface area (Å²) in [6.07, 6.45) is 6.78. The number of nitrogens with one attached hydrogen (secondary N) is 3. The minimum absolute atomic E-state index is 0.0214. The SMILES string of the molecule is C[C@H](NC(=O)C1CCCC1)C(=O)Nc1ccc(NC(=O)[C@H](C)n2cncn2)cc1. The molecule has 1 saturated carbocycles. The van der Waals surface area contributed by atoms with Crippen molar-refractivity contribution >= 4 is 29.1 Å². The Morgan fingerprint density at radius 1 is 1.00 bits per heavy atom.